The maximum absolute atomic E-state index is 11.2. The molecule has 0 aliphatic carbocycles. The summed E-state index contributed by atoms with van der Waals surface area (Å²) in [7, 11) is 0. The summed E-state index contributed by atoms with van der Waals surface area (Å²) < 4.78 is 10.5. The number of anilines is 2. The van der Waals surface area contributed by atoms with Crippen molar-refractivity contribution < 1.29 is 14.3 Å². The monoisotopic (exact) mass is 293 g/mol. The van der Waals surface area contributed by atoms with Gasteiger partial charge < -0.3 is 24.9 Å². The number of hydrogen-bond acceptors (Lipinski definition) is 6. The van der Waals surface area contributed by atoms with E-state index in [1.165, 1.54) is 0 Å². The van der Waals surface area contributed by atoms with Crippen LogP contribution in [0, 0.1) is 0 Å². The Morgan fingerprint density at radius 3 is 2.90 bits per heavy atom. The summed E-state index contributed by atoms with van der Waals surface area (Å²) >= 11 is 0. The second-order valence-electron chi connectivity index (χ2n) is 5.20. The van der Waals surface area contributed by atoms with E-state index < -0.39 is 5.76 Å². The molecule has 1 fully saturated rings. The molecule has 1 aromatic carbocycles. The molecule has 0 atom stereocenters. The number of ether oxygens (including phenoxy) is 1. The molecule has 3 rings (SSSR count). The van der Waals surface area contributed by atoms with Gasteiger partial charge in [0.25, 0.3) is 0 Å². The maximum Gasteiger partial charge on any atom is 0.417 e. The summed E-state index contributed by atoms with van der Waals surface area (Å²) in [6, 6.07) is 3.53. The van der Waals surface area contributed by atoms with E-state index in [4.69, 9.17) is 20.0 Å². The molecule has 0 unspecified atom stereocenters. The van der Waals surface area contributed by atoms with Crippen LogP contribution in [0.25, 0.3) is 11.1 Å². The van der Waals surface area contributed by atoms with Crippen LogP contribution < -0.4 is 16.4 Å². The third-order valence-electron chi connectivity index (χ3n) is 3.80. The molecule has 1 aliphatic rings. The molecule has 7 heteroatoms. The minimum Gasteiger partial charge on any atom is -0.408 e. The van der Waals surface area contributed by atoms with Crippen molar-refractivity contribution in [2.24, 2.45) is 0 Å². The predicted molar refractivity (Wildman–Crippen MR) is 79.5 cm³/mol. The number of aliphatic hydroxyl groups excluding tert-OH is 1. The first-order chi connectivity index (χ1) is 10.2. The molecule has 2 heterocycles. The molecule has 0 radical (unpaired) electrons. The Hall–Kier alpha value is -1.99. The highest BCUT2D eigenvalue weighted by atomic mass is 16.5. The molecule has 0 spiro atoms. The van der Waals surface area contributed by atoms with Gasteiger partial charge in [-0.25, -0.2) is 4.79 Å². The molecule has 4 N–H and O–H groups in total. The standard InChI is InChI=1S/C14H19N3O4/c15-10-7-13-11(16-14(19)21-13)8-12(10)17-3-1-9(2-4-17)20-6-5-18/h7-9,18H,1-6,15H2,(H,16,19). The third kappa shape index (κ3) is 2.88. The van der Waals surface area contributed by atoms with Crippen LogP contribution in [-0.4, -0.2) is 42.5 Å². The first-order valence-corrected chi connectivity index (χ1v) is 7.07. The quantitative estimate of drug-likeness (QED) is 0.716. The fourth-order valence-corrected chi connectivity index (χ4v) is 2.76. The number of oxazole rings is 1. The number of nitrogens with one attached hydrogen (secondary N) is 1. The first-order valence-electron chi connectivity index (χ1n) is 7.07. The van der Waals surface area contributed by atoms with Crippen molar-refractivity contribution in [3.05, 3.63) is 22.7 Å². The van der Waals surface area contributed by atoms with Gasteiger partial charge in [0.1, 0.15) is 0 Å². The SMILES string of the molecule is Nc1cc2oc(=O)[nH]c2cc1N1CCC(OCCO)CC1. The van der Waals surface area contributed by atoms with Gasteiger partial charge in [-0.1, -0.05) is 0 Å². The van der Waals surface area contributed by atoms with Crippen LogP contribution in [0.2, 0.25) is 0 Å². The van der Waals surface area contributed by atoms with E-state index in [2.05, 4.69) is 9.88 Å². The Morgan fingerprint density at radius 2 is 2.19 bits per heavy atom. The number of aromatic amines is 1. The second-order valence-corrected chi connectivity index (χ2v) is 5.20. The molecule has 2 aromatic rings. The molecule has 1 aliphatic heterocycles. The predicted octanol–water partition coefficient (Wildman–Crippen LogP) is 0.681. The maximum atomic E-state index is 11.2. The molecule has 114 valence electrons. The number of nitrogen functional groups attached to an aromatic ring is 1. The molecule has 21 heavy (non-hydrogen) atoms. The van der Waals surface area contributed by atoms with Gasteiger partial charge in [0.15, 0.2) is 5.58 Å². The van der Waals surface area contributed by atoms with E-state index in [1.807, 2.05) is 6.07 Å². The smallest absolute Gasteiger partial charge is 0.408 e. The van der Waals surface area contributed by atoms with Crippen LogP contribution in [0.4, 0.5) is 11.4 Å². The first kappa shape index (κ1) is 14.0. The van der Waals surface area contributed by atoms with Crippen molar-refractivity contribution >= 4 is 22.5 Å². The van der Waals surface area contributed by atoms with Gasteiger partial charge in [-0.3, -0.25) is 4.98 Å². The summed E-state index contributed by atoms with van der Waals surface area (Å²) in [4.78, 5) is 16.0. The van der Waals surface area contributed by atoms with Crippen LogP contribution in [0.3, 0.4) is 0 Å². The Labute approximate surface area is 121 Å². The van der Waals surface area contributed by atoms with Gasteiger partial charge >= 0.3 is 5.76 Å². The lowest BCUT2D eigenvalue weighted by molar-refractivity contribution is 0.0159. The number of nitrogens with zero attached hydrogens (tertiary/aromatic N) is 1. The van der Waals surface area contributed by atoms with Crippen molar-refractivity contribution in [2.45, 2.75) is 18.9 Å². The lowest BCUT2D eigenvalue weighted by Gasteiger charge is -2.34. The van der Waals surface area contributed by atoms with Gasteiger partial charge in [-0.15, -0.1) is 0 Å². The highest BCUT2D eigenvalue weighted by Gasteiger charge is 2.21. The lowest BCUT2D eigenvalue weighted by Crippen LogP contribution is -2.37. The number of nitrogens with two attached hydrogens (primary N) is 1. The van der Waals surface area contributed by atoms with Crippen molar-refractivity contribution in [2.75, 3.05) is 36.9 Å². The van der Waals surface area contributed by atoms with Crippen LogP contribution >= 0.6 is 0 Å². The van der Waals surface area contributed by atoms with E-state index in [-0.39, 0.29) is 12.7 Å². The number of aromatic nitrogens is 1. The van der Waals surface area contributed by atoms with E-state index in [9.17, 15) is 4.79 Å². The molecule has 0 saturated carbocycles. The minimum absolute atomic E-state index is 0.0533. The third-order valence-corrected chi connectivity index (χ3v) is 3.80. The number of H-pyrrole nitrogens is 1. The summed E-state index contributed by atoms with van der Waals surface area (Å²) in [5.74, 6) is -0.474. The summed E-state index contributed by atoms with van der Waals surface area (Å²) in [5.41, 5.74) is 8.69. The largest absolute Gasteiger partial charge is 0.417 e. The Morgan fingerprint density at radius 1 is 1.43 bits per heavy atom. The fraction of sp³-hybridized carbons (Fsp3) is 0.500. The molecular weight excluding hydrogens is 274 g/mol. The van der Waals surface area contributed by atoms with Crippen LogP contribution in [-0.2, 0) is 4.74 Å². The van der Waals surface area contributed by atoms with Crippen LogP contribution in [0.5, 0.6) is 0 Å². The Kier molecular flexibility index (Phi) is 3.85. The molecule has 0 amide bonds. The van der Waals surface area contributed by atoms with E-state index in [0.29, 0.717) is 23.4 Å². The van der Waals surface area contributed by atoms with Gasteiger partial charge in [-0.05, 0) is 18.9 Å². The number of piperidine rings is 1. The second kappa shape index (κ2) is 5.79. The Bertz CT molecular complexity index is 670. The van der Waals surface area contributed by atoms with Gasteiger partial charge in [0.2, 0.25) is 0 Å². The zero-order chi connectivity index (χ0) is 14.8. The van der Waals surface area contributed by atoms with Crippen molar-refractivity contribution in [3.8, 4) is 0 Å². The topological polar surface area (TPSA) is 105 Å². The van der Waals surface area contributed by atoms with Crippen molar-refractivity contribution in [1.82, 2.24) is 4.98 Å². The Balaban J connectivity index is 1.75. The minimum atomic E-state index is -0.474. The summed E-state index contributed by atoms with van der Waals surface area (Å²) in [6.45, 7) is 2.09. The number of benzene rings is 1. The molecule has 7 nitrogen and oxygen atoms in total. The number of fused-ring (bicyclic) bond motifs is 1. The van der Waals surface area contributed by atoms with E-state index >= 15 is 0 Å². The van der Waals surface area contributed by atoms with E-state index in [0.717, 1.165) is 31.6 Å². The lowest BCUT2D eigenvalue weighted by atomic mass is 10.1. The average Bonchev–Trinajstić information content (AvgIpc) is 2.84. The van der Waals surface area contributed by atoms with Gasteiger partial charge in [0.05, 0.1) is 36.2 Å². The van der Waals surface area contributed by atoms with Gasteiger partial charge in [0, 0.05) is 19.2 Å². The highest BCUT2D eigenvalue weighted by molar-refractivity contribution is 5.85. The number of rotatable bonds is 4. The highest BCUT2D eigenvalue weighted by Crippen LogP contribution is 2.30. The number of aliphatic hydroxyl groups is 1. The average molecular weight is 293 g/mol. The van der Waals surface area contributed by atoms with Crippen molar-refractivity contribution in [1.29, 1.82) is 0 Å². The molecule has 1 aromatic heterocycles. The summed E-state index contributed by atoms with van der Waals surface area (Å²) in [5, 5.41) is 8.78. The van der Waals surface area contributed by atoms with Crippen LogP contribution in [0.1, 0.15) is 12.8 Å². The number of hydrogen-bond donors (Lipinski definition) is 3. The zero-order valence-corrected chi connectivity index (χ0v) is 11.7. The summed E-state index contributed by atoms with van der Waals surface area (Å²) in [6.07, 6.45) is 1.96. The fourth-order valence-electron chi connectivity index (χ4n) is 2.76. The normalized spacial score (nSPS) is 16.7. The zero-order valence-electron chi connectivity index (χ0n) is 11.7. The van der Waals surface area contributed by atoms with Crippen LogP contribution in [0.15, 0.2) is 21.3 Å². The van der Waals surface area contributed by atoms with E-state index in [1.54, 1.807) is 6.07 Å². The molecular formula is C14H19N3O4. The van der Waals surface area contributed by atoms with Gasteiger partial charge in [-0.2, -0.15) is 0 Å². The van der Waals surface area contributed by atoms with Crippen molar-refractivity contribution in [3.63, 3.8) is 0 Å². The molecule has 0 bridgehead atoms. The molecule has 1 saturated heterocycles.